The van der Waals surface area contributed by atoms with Crippen LogP contribution in [0.25, 0.3) is 0 Å². The minimum Gasteiger partial charge on any atom is -0.377 e. The predicted molar refractivity (Wildman–Crippen MR) is 91.9 cm³/mol. The van der Waals surface area contributed by atoms with E-state index in [-0.39, 0.29) is 17.9 Å². The van der Waals surface area contributed by atoms with Crippen molar-refractivity contribution in [3.05, 3.63) is 75.8 Å². The Morgan fingerprint density at radius 2 is 1.75 bits per heavy atom. The number of halogens is 4. The van der Waals surface area contributed by atoms with Crippen LogP contribution >= 0.6 is 15.9 Å². The Morgan fingerprint density at radius 1 is 1.00 bits per heavy atom. The topological polar surface area (TPSA) is 12.0 Å². The van der Waals surface area contributed by atoms with E-state index in [1.165, 1.54) is 12.1 Å². The van der Waals surface area contributed by atoms with E-state index in [0.717, 1.165) is 22.1 Å². The molecular weight excluding hydrogens is 379 g/mol. The molecule has 0 spiro atoms. The highest BCUT2D eigenvalue weighted by atomic mass is 79.9. The van der Waals surface area contributed by atoms with Crippen LogP contribution < -0.4 is 5.32 Å². The predicted octanol–water partition coefficient (Wildman–Crippen LogP) is 6.29. The molecule has 0 unspecified atom stereocenters. The minimum atomic E-state index is -4.35. The van der Waals surface area contributed by atoms with Gasteiger partial charge < -0.3 is 5.32 Å². The molecule has 3 atom stereocenters. The van der Waals surface area contributed by atoms with Gasteiger partial charge in [-0.25, -0.2) is 0 Å². The largest absolute Gasteiger partial charge is 0.416 e. The van der Waals surface area contributed by atoms with Crippen LogP contribution in [-0.2, 0) is 6.18 Å². The van der Waals surface area contributed by atoms with E-state index in [1.807, 2.05) is 18.2 Å². The number of para-hydroxylation sites is 1. The van der Waals surface area contributed by atoms with Gasteiger partial charge in [0.15, 0.2) is 0 Å². The van der Waals surface area contributed by atoms with Crippen molar-refractivity contribution in [2.45, 2.75) is 24.6 Å². The number of hydrogen-bond acceptors (Lipinski definition) is 1. The van der Waals surface area contributed by atoms with Crippen LogP contribution in [0.2, 0.25) is 0 Å². The molecular formula is C19H15BrF3N. The van der Waals surface area contributed by atoms with Gasteiger partial charge in [-0.05, 0) is 51.5 Å². The van der Waals surface area contributed by atoms with Gasteiger partial charge >= 0.3 is 6.18 Å². The highest BCUT2D eigenvalue weighted by Gasteiger charge is 2.42. The van der Waals surface area contributed by atoms with E-state index in [2.05, 4.69) is 33.4 Å². The van der Waals surface area contributed by atoms with Crippen LogP contribution in [0.1, 0.15) is 35.1 Å². The van der Waals surface area contributed by atoms with E-state index in [9.17, 15) is 13.2 Å². The van der Waals surface area contributed by atoms with Gasteiger partial charge in [-0.3, -0.25) is 0 Å². The molecule has 1 heterocycles. The zero-order chi connectivity index (χ0) is 16.9. The van der Waals surface area contributed by atoms with Crippen LogP contribution in [0.15, 0.2) is 59.1 Å². The van der Waals surface area contributed by atoms with E-state index in [0.29, 0.717) is 5.56 Å². The fourth-order valence-electron chi connectivity index (χ4n) is 3.92. The number of alkyl halides is 3. The van der Waals surface area contributed by atoms with E-state index >= 15 is 0 Å². The Balaban J connectivity index is 1.85. The zero-order valence-electron chi connectivity index (χ0n) is 12.6. The van der Waals surface area contributed by atoms with Crippen molar-refractivity contribution >= 4 is 21.6 Å². The molecule has 0 fully saturated rings. The van der Waals surface area contributed by atoms with Gasteiger partial charge in [-0.2, -0.15) is 13.2 Å². The number of anilines is 1. The number of allylic oxidation sites excluding steroid dienone is 2. The van der Waals surface area contributed by atoms with Gasteiger partial charge in [0.2, 0.25) is 0 Å². The third kappa shape index (κ3) is 2.46. The van der Waals surface area contributed by atoms with Crippen LogP contribution in [0.3, 0.4) is 0 Å². The lowest BCUT2D eigenvalue weighted by Gasteiger charge is -2.38. The number of rotatable bonds is 1. The monoisotopic (exact) mass is 393 g/mol. The third-order valence-corrected chi connectivity index (χ3v) is 5.61. The normalized spacial score (nSPS) is 25.1. The third-order valence-electron chi connectivity index (χ3n) is 4.95. The summed E-state index contributed by atoms with van der Waals surface area (Å²) in [5, 5.41) is 3.38. The first kappa shape index (κ1) is 15.8. The number of fused-ring (bicyclic) bond motifs is 3. The molecule has 5 heteroatoms. The fourth-order valence-corrected chi connectivity index (χ4v) is 4.41. The maximum absolute atomic E-state index is 13.5. The Morgan fingerprint density at radius 3 is 2.54 bits per heavy atom. The van der Waals surface area contributed by atoms with Crippen LogP contribution in [0.4, 0.5) is 18.9 Å². The Kier molecular flexibility index (Phi) is 3.71. The summed E-state index contributed by atoms with van der Waals surface area (Å²) in [7, 11) is 0. The molecule has 1 nitrogen and oxygen atoms in total. The van der Waals surface area contributed by atoms with Crippen LogP contribution in [0, 0.1) is 5.92 Å². The van der Waals surface area contributed by atoms with Crippen molar-refractivity contribution in [1.29, 1.82) is 0 Å². The lowest BCUT2D eigenvalue weighted by atomic mass is 9.76. The average molecular weight is 394 g/mol. The van der Waals surface area contributed by atoms with E-state index in [1.54, 1.807) is 12.1 Å². The second-order valence-electron chi connectivity index (χ2n) is 6.26. The van der Waals surface area contributed by atoms with Gasteiger partial charge in [-0.1, -0.05) is 42.5 Å². The highest BCUT2D eigenvalue weighted by molar-refractivity contribution is 9.10. The molecule has 4 rings (SSSR count). The smallest absolute Gasteiger partial charge is 0.377 e. The summed E-state index contributed by atoms with van der Waals surface area (Å²) >= 11 is 3.53. The standard InChI is InChI=1S/C19H15BrF3N/c20-16-10-4-8-13-11-6-3-7-12(11)17(24-18(13)16)14-5-1-2-9-15(14)19(21,22)23/h1-6,8-12,17,24H,7H2/t11-,12+,17-/m1/s1. The first-order chi connectivity index (χ1) is 11.5. The molecule has 0 amide bonds. The first-order valence-corrected chi connectivity index (χ1v) is 8.64. The van der Waals surface area contributed by atoms with E-state index < -0.39 is 11.7 Å². The van der Waals surface area contributed by atoms with Crippen molar-refractivity contribution in [3.8, 4) is 0 Å². The molecule has 2 aliphatic rings. The van der Waals surface area contributed by atoms with Gasteiger partial charge in [0, 0.05) is 10.4 Å². The lowest BCUT2D eigenvalue weighted by molar-refractivity contribution is -0.138. The number of nitrogens with one attached hydrogen (secondary N) is 1. The molecule has 2 aromatic carbocycles. The molecule has 24 heavy (non-hydrogen) atoms. The molecule has 0 radical (unpaired) electrons. The summed E-state index contributed by atoms with van der Waals surface area (Å²) in [6.45, 7) is 0. The molecule has 0 aromatic heterocycles. The Hall–Kier alpha value is -1.75. The summed E-state index contributed by atoms with van der Waals surface area (Å²) in [6.07, 6.45) is 0.630. The fraction of sp³-hybridized carbons (Fsp3) is 0.263. The summed E-state index contributed by atoms with van der Waals surface area (Å²) < 4.78 is 41.3. The summed E-state index contributed by atoms with van der Waals surface area (Å²) in [5.74, 6) is 0.236. The molecule has 2 aromatic rings. The van der Waals surface area contributed by atoms with Crippen molar-refractivity contribution in [3.63, 3.8) is 0 Å². The second-order valence-corrected chi connectivity index (χ2v) is 7.12. The summed E-state index contributed by atoms with van der Waals surface area (Å²) in [5.41, 5.74) is 1.81. The van der Waals surface area contributed by atoms with Crippen LogP contribution in [-0.4, -0.2) is 0 Å². The number of benzene rings is 2. The summed E-state index contributed by atoms with van der Waals surface area (Å²) in [4.78, 5) is 0. The maximum atomic E-state index is 13.5. The average Bonchev–Trinajstić information content (AvgIpc) is 3.04. The second kappa shape index (κ2) is 5.66. The Labute approximate surface area is 146 Å². The van der Waals surface area contributed by atoms with Gasteiger partial charge in [0.05, 0.1) is 17.3 Å². The van der Waals surface area contributed by atoms with Crippen molar-refractivity contribution in [1.82, 2.24) is 0 Å². The quantitative estimate of drug-likeness (QED) is 0.561. The molecule has 0 bridgehead atoms. The SMILES string of the molecule is FC(F)(F)c1ccccc1[C@@H]1Nc2c(Br)cccc2[C@@H]2C=CC[C@@H]21. The Bertz CT molecular complexity index is 812. The molecule has 1 N–H and O–H groups in total. The van der Waals surface area contributed by atoms with Crippen molar-refractivity contribution in [2.75, 3.05) is 5.32 Å². The van der Waals surface area contributed by atoms with Crippen LogP contribution in [0.5, 0.6) is 0 Å². The molecule has 1 aliphatic heterocycles. The molecule has 124 valence electrons. The van der Waals surface area contributed by atoms with Gasteiger partial charge in [0.1, 0.15) is 0 Å². The highest BCUT2D eigenvalue weighted by Crippen LogP contribution is 2.52. The molecule has 0 saturated carbocycles. The maximum Gasteiger partial charge on any atom is 0.416 e. The van der Waals surface area contributed by atoms with Crippen molar-refractivity contribution in [2.24, 2.45) is 5.92 Å². The number of hydrogen-bond donors (Lipinski definition) is 1. The van der Waals surface area contributed by atoms with E-state index in [4.69, 9.17) is 0 Å². The van der Waals surface area contributed by atoms with Gasteiger partial charge in [0.25, 0.3) is 0 Å². The zero-order valence-corrected chi connectivity index (χ0v) is 14.2. The molecule has 0 saturated heterocycles. The molecule has 1 aliphatic carbocycles. The lowest BCUT2D eigenvalue weighted by Crippen LogP contribution is -2.31. The minimum absolute atomic E-state index is 0.0929. The summed E-state index contributed by atoms with van der Waals surface area (Å²) in [6, 6.07) is 11.5. The first-order valence-electron chi connectivity index (χ1n) is 7.84. The van der Waals surface area contributed by atoms with Gasteiger partial charge in [-0.15, -0.1) is 0 Å². The van der Waals surface area contributed by atoms with Crippen molar-refractivity contribution < 1.29 is 13.2 Å².